The molecule has 94 valence electrons. The number of rotatable bonds is 1. The fraction of sp³-hybridized carbons (Fsp3) is 0.385. The van der Waals surface area contributed by atoms with Crippen LogP contribution >= 0.6 is 0 Å². The highest BCUT2D eigenvalue weighted by Crippen LogP contribution is 2.34. The van der Waals surface area contributed by atoms with Crippen LogP contribution in [0.5, 0.6) is 0 Å². The smallest absolute Gasteiger partial charge is 0.276 e. The molecular formula is C13H16N4O. The largest absolute Gasteiger partial charge is 0.322 e. The lowest BCUT2D eigenvalue weighted by molar-refractivity contribution is -0.110. The van der Waals surface area contributed by atoms with E-state index in [1.54, 1.807) is 0 Å². The highest BCUT2D eigenvalue weighted by Gasteiger charge is 2.31. The van der Waals surface area contributed by atoms with E-state index in [9.17, 15) is 4.79 Å². The first-order valence-electron chi connectivity index (χ1n) is 6.24. The molecule has 0 unspecified atom stereocenters. The van der Waals surface area contributed by atoms with Gasteiger partial charge in [-0.1, -0.05) is 12.1 Å². The first-order chi connectivity index (χ1) is 8.81. The van der Waals surface area contributed by atoms with E-state index < -0.39 is 0 Å². The summed E-state index contributed by atoms with van der Waals surface area (Å²) in [7, 11) is 0. The molecule has 1 aromatic carbocycles. The van der Waals surface area contributed by atoms with E-state index in [0.29, 0.717) is 11.6 Å². The Labute approximate surface area is 105 Å². The number of anilines is 1. The maximum atomic E-state index is 11.8. The third-order valence-corrected chi connectivity index (χ3v) is 3.70. The van der Waals surface area contributed by atoms with Gasteiger partial charge in [-0.3, -0.25) is 4.79 Å². The summed E-state index contributed by atoms with van der Waals surface area (Å²) in [5.74, 6) is 5.63. The zero-order chi connectivity index (χ0) is 12.5. The minimum absolute atomic E-state index is 0.200. The van der Waals surface area contributed by atoms with Crippen LogP contribution in [0.4, 0.5) is 5.69 Å². The Hall–Kier alpha value is -1.88. The van der Waals surface area contributed by atoms with Crippen molar-refractivity contribution in [1.29, 1.82) is 0 Å². The van der Waals surface area contributed by atoms with Crippen molar-refractivity contribution in [2.45, 2.75) is 18.8 Å². The lowest BCUT2D eigenvalue weighted by Crippen LogP contribution is -2.27. The Morgan fingerprint density at radius 1 is 1.28 bits per heavy atom. The van der Waals surface area contributed by atoms with Crippen molar-refractivity contribution in [3.63, 3.8) is 0 Å². The molecule has 5 heteroatoms. The van der Waals surface area contributed by atoms with Gasteiger partial charge >= 0.3 is 0 Å². The van der Waals surface area contributed by atoms with E-state index in [4.69, 9.17) is 5.84 Å². The number of nitrogens with one attached hydrogen (secondary N) is 2. The highest BCUT2D eigenvalue weighted by atomic mass is 16.2. The molecule has 1 saturated heterocycles. The molecule has 18 heavy (non-hydrogen) atoms. The normalized spacial score (nSPS) is 22.0. The summed E-state index contributed by atoms with van der Waals surface area (Å²) in [5, 5.41) is 9.82. The second-order valence-electron chi connectivity index (χ2n) is 4.73. The Morgan fingerprint density at radius 3 is 2.78 bits per heavy atom. The van der Waals surface area contributed by atoms with Crippen molar-refractivity contribution < 1.29 is 4.79 Å². The van der Waals surface area contributed by atoms with Crippen LogP contribution in [-0.2, 0) is 4.79 Å². The molecule has 0 saturated carbocycles. The van der Waals surface area contributed by atoms with E-state index in [1.165, 1.54) is 5.56 Å². The monoisotopic (exact) mass is 244 g/mol. The summed E-state index contributed by atoms with van der Waals surface area (Å²) in [5.41, 5.74) is 3.29. The molecule has 0 aliphatic carbocycles. The lowest BCUT2D eigenvalue weighted by Gasteiger charge is -2.24. The molecule has 2 aliphatic rings. The quantitative estimate of drug-likeness (QED) is 0.504. The molecule has 0 radical (unpaired) electrons. The number of hydrazone groups is 1. The molecular weight excluding hydrogens is 228 g/mol. The Morgan fingerprint density at radius 2 is 2.06 bits per heavy atom. The van der Waals surface area contributed by atoms with Crippen LogP contribution in [0, 0.1) is 0 Å². The fourth-order valence-electron chi connectivity index (χ4n) is 2.83. The SMILES string of the molecule is N/N=C1\C(=O)Nc2cccc(C3CCNCC3)c21. The Kier molecular flexibility index (Phi) is 2.76. The third kappa shape index (κ3) is 1.67. The van der Waals surface area contributed by atoms with Gasteiger partial charge in [-0.25, -0.2) is 0 Å². The molecule has 0 bridgehead atoms. The van der Waals surface area contributed by atoms with Gasteiger partial charge in [0, 0.05) is 5.56 Å². The molecule has 0 spiro atoms. The molecule has 2 heterocycles. The summed E-state index contributed by atoms with van der Waals surface area (Å²) in [6.45, 7) is 2.04. The van der Waals surface area contributed by atoms with E-state index >= 15 is 0 Å². The number of carbonyl (C=O) groups excluding carboxylic acids is 1. The molecule has 1 aromatic rings. The first kappa shape index (κ1) is 11.2. The van der Waals surface area contributed by atoms with Crippen LogP contribution in [0.1, 0.15) is 29.9 Å². The van der Waals surface area contributed by atoms with Crippen molar-refractivity contribution in [3.8, 4) is 0 Å². The fourth-order valence-corrected chi connectivity index (χ4v) is 2.83. The lowest BCUT2D eigenvalue weighted by atomic mass is 9.86. The molecule has 4 N–H and O–H groups in total. The number of hydrogen-bond acceptors (Lipinski definition) is 4. The van der Waals surface area contributed by atoms with Crippen LogP contribution in [-0.4, -0.2) is 24.7 Å². The van der Waals surface area contributed by atoms with Gasteiger partial charge < -0.3 is 16.5 Å². The Balaban J connectivity index is 2.07. The number of fused-ring (bicyclic) bond motifs is 1. The minimum Gasteiger partial charge on any atom is -0.322 e. The second-order valence-corrected chi connectivity index (χ2v) is 4.73. The molecule has 2 aliphatic heterocycles. The summed E-state index contributed by atoms with van der Waals surface area (Å²) >= 11 is 0. The summed E-state index contributed by atoms with van der Waals surface area (Å²) < 4.78 is 0. The maximum Gasteiger partial charge on any atom is 0.276 e. The van der Waals surface area contributed by atoms with Crippen molar-refractivity contribution in [1.82, 2.24) is 5.32 Å². The van der Waals surface area contributed by atoms with Crippen molar-refractivity contribution >= 4 is 17.3 Å². The van der Waals surface area contributed by atoms with E-state index in [-0.39, 0.29) is 5.91 Å². The van der Waals surface area contributed by atoms with Crippen molar-refractivity contribution in [2.24, 2.45) is 10.9 Å². The standard InChI is InChI=1S/C13H16N4O/c14-17-12-11-9(8-4-6-15-7-5-8)2-1-3-10(11)16-13(12)18/h1-3,8,15H,4-7,14H2,(H,16,17,18). The number of nitrogens with zero attached hydrogens (tertiary/aromatic N) is 1. The van der Waals surface area contributed by atoms with Gasteiger partial charge in [0.1, 0.15) is 0 Å². The van der Waals surface area contributed by atoms with Gasteiger partial charge in [0.15, 0.2) is 5.71 Å². The first-order valence-corrected chi connectivity index (χ1v) is 6.24. The predicted octanol–water partition coefficient (Wildman–Crippen LogP) is 0.768. The predicted molar refractivity (Wildman–Crippen MR) is 70.6 cm³/mol. The van der Waals surface area contributed by atoms with Crippen molar-refractivity contribution in [2.75, 3.05) is 18.4 Å². The van der Waals surface area contributed by atoms with Gasteiger partial charge in [0.05, 0.1) is 5.69 Å². The number of carbonyl (C=O) groups is 1. The molecule has 1 fully saturated rings. The summed E-state index contributed by atoms with van der Waals surface area (Å²) in [4.78, 5) is 11.8. The molecule has 0 aromatic heterocycles. The average Bonchev–Trinajstić information content (AvgIpc) is 2.74. The van der Waals surface area contributed by atoms with Crippen LogP contribution in [0.25, 0.3) is 0 Å². The van der Waals surface area contributed by atoms with E-state index in [2.05, 4.69) is 21.8 Å². The van der Waals surface area contributed by atoms with E-state index in [0.717, 1.165) is 37.2 Å². The molecule has 5 nitrogen and oxygen atoms in total. The van der Waals surface area contributed by atoms with E-state index in [1.807, 2.05) is 12.1 Å². The summed E-state index contributed by atoms with van der Waals surface area (Å²) in [6, 6.07) is 5.96. The number of piperidine rings is 1. The zero-order valence-electron chi connectivity index (χ0n) is 10.1. The van der Waals surface area contributed by atoms with Crippen LogP contribution in [0.15, 0.2) is 23.3 Å². The Bertz CT molecular complexity index is 518. The zero-order valence-corrected chi connectivity index (χ0v) is 10.1. The number of hydrogen-bond donors (Lipinski definition) is 3. The van der Waals surface area contributed by atoms with Gasteiger partial charge in [0.25, 0.3) is 5.91 Å². The third-order valence-electron chi connectivity index (χ3n) is 3.70. The molecule has 3 rings (SSSR count). The van der Waals surface area contributed by atoms with Gasteiger partial charge in [-0.2, -0.15) is 5.10 Å². The van der Waals surface area contributed by atoms with Crippen LogP contribution in [0.2, 0.25) is 0 Å². The molecule has 1 amide bonds. The van der Waals surface area contributed by atoms with Gasteiger partial charge in [-0.15, -0.1) is 0 Å². The van der Waals surface area contributed by atoms with Crippen LogP contribution < -0.4 is 16.5 Å². The summed E-state index contributed by atoms with van der Waals surface area (Å²) in [6.07, 6.45) is 2.17. The van der Waals surface area contributed by atoms with Crippen LogP contribution in [0.3, 0.4) is 0 Å². The second kappa shape index (κ2) is 4.42. The highest BCUT2D eigenvalue weighted by molar-refractivity contribution is 6.54. The molecule has 0 atom stereocenters. The van der Waals surface area contributed by atoms with Crippen molar-refractivity contribution in [3.05, 3.63) is 29.3 Å². The average molecular weight is 244 g/mol. The maximum absolute atomic E-state index is 11.8. The number of nitrogens with two attached hydrogens (primary N) is 1. The van der Waals surface area contributed by atoms with Gasteiger partial charge in [-0.05, 0) is 43.5 Å². The number of amides is 1. The number of benzene rings is 1. The minimum atomic E-state index is -0.200. The topological polar surface area (TPSA) is 79.5 Å². The van der Waals surface area contributed by atoms with Gasteiger partial charge in [0.2, 0.25) is 0 Å².